The molecule has 1 aromatic carbocycles. The first-order valence-corrected chi connectivity index (χ1v) is 9.68. The number of H-pyrrole nitrogens is 1. The van der Waals surface area contributed by atoms with Gasteiger partial charge < -0.3 is 13.9 Å². The summed E-state index contributed by atoms with van der Waals surface area (Å²) in [5, 5.41) is 2.54. The Hall–Kier alpha value is -4.80. The normalized spacial score (nSPS) is 10.6. The number of rotatable bonds is 5. The molecule has 11 nitrogen and oxygen atoms in total. The molecular formula is C22H16N4O7. The fourth-order valence-electron chi connectivity index (χ4n) is 2.95. The number of carbonyl (C=O) groups is 2. The zero-order valence-corrected chi connectivity index (χ0v) is 17.2. The molecule has 0 aliphatic heterocycles. The van der Waals surface area contributed by atoms with Gasteiger partial charge in [0.25, 0.3) is 0 Å². The quantitative estimate of drug-likeness (QED) is 0.346. The smallest absolute Gasteiger partial charge is 0.411 e. The minimum Gasteiger partial charge on any atom is -0.453 e. The number of nitrogens with zero attached hydrogens (tertiary/aromatic N) is 2. The van der Waals surface area contributed by atoms with E-state index < -0.39 is 23.2 Å². The lowest BCUT2D eigenvalue weighted by Crippen LogP contribution is -2.16. The number of pyridine rings is 1. The molecule has 4 rings (SSSR count). The van der Waals surface area contributed by atoms with Crippen LogP contribution in [-0.4, -0.2) is 33.6 Å². The van der Waals surface area contributed by atoms with Gasteiger partial charge in [0, 0.05) is 30.1 Å². The first kappa shape index (κ1) is 21.4. The molecule has 11 heteroatoms. The number of anilines is 1. The van der Waals surface area contributed by atoms with Crippen LogP contribution in [-0.2, 0) is 4.74 Å². The Labute approximate surface area is 185 Å². The Kier molecular flexibility index (Phi) is 5.94. The van der Waals surface area contributed by atoms with E-state index in [0.29, 0.717) is 5.56 Å². The molecule has 0 aliphatic carbocycles. The highest BCUT2D eigenvalue weighted by atomic mass is 16.5. The Morgan fingerprint density at radius 3 is 2.76 bits per heavy atom. The fraction of sp³-hybridized carbons (Fsp3) is 0.0909. The van der Waals surface area contributed by atoms with Gasteiger partial charge >= 0.3 is 17.8 Å². The topological polar surface area (TPSA) is 153 Å². The third-order valence-corrected chi connectivity index (χ3v) is 4.38. The Morgan fingerprint density at radius 1 is 1.15 bits per heavy atom. The van der Waals surface area contributed by atoms with E-state index in [9.17, 15) is 19.2 Å². The third-order valence-electron chi connectivity index (χ3n) is 4.38. The summed E-state index contributed by atoms with van der Waals surface area (Å²) in [4.78, 5) is 58.1. The molecule has 33 heavy (non-hydrogen) atoms. The highest BCUT2D eigenvalue weighted by molar-refractivity contribution is 5.93. The van der Waals surface area contributed by atoms with Crippen LogP contribution >= 0.6 is 0 Å². The molecule has 0 atom stereocenters. The van der Waals surface area contributed by atoms with Crippen LogP contribution in [0.3, 0.4) is 0 Å². The van der Waals surface area contributed by atoms with E-state index in [1.165, 1.54) is 30.6 Å². The average molecular weight is 448 g/mol. The maximum absolute atomic E-state index is 12.5. The van der Waals surface area contributed by atoms with Crippen molar-refractivity contribution < 1.29 is 23.5 Å². The van der Waals surface area contributed by atoms with Crippen LogP contribution < -0.4 is 21.2 Å². The summed E-state index contributed by atoms with van der Waals surface area (Å²) in [6.07, 6.45) is 3.25. The lowest BCUT2D eigenvalue weighted by atomic mass is 10.1. The van der Waals surface area contributed by atoms with Crippen molar-refractivity contribution in [2.75, 3.05) is 11.9 Å². The highest BCUT2D eigenvalue weighted by Gasteiger charge is 2.17. The molecule has 3 aromatic heterocycles. The molecule has 0 bridgehead atoms. The molecule has 0 saturated heterocycles. The summed E-state index contributed by atoms with van der Waals surface area (Å²) in [5.41, 5.74) is -0.499. The van der Waals surface area contributed by atoms with Crippen LogP contribution in [0.5, 0.6) is 5.75 Å². The maximum Gasteiger partial charge on any atom is 0.411 e. The van der Waals surface area contributed by atoms with Gasteiger partial charge in [-0.25, -0.2) is 14.4 Å². The van der Waals surface area contributed by atoms with Gasteiger partial charge in [0.1, 0.15) is 17.0 Å². The van der Waals surface area contributed by atoms with Crippen LogP contribution in [0.2, 0.25) is 0 Å². The summed E-state index contributed by atoms with van der Waals surface area (Å²) in [6, 6.07) is 8.65. The largest absolute Gasteiger partial charge is 0.453 e. The lowest BCUT2D eigenvalue weighted by molar-refractivity contribution is 0.0734. The van der Waals surface area contributed by atoms with E-state index in [1.807, 2.05) is 0 Å². The van der Waals surface area contributed by atoms with E-state index in [1.54, 1.807) is 19.1 Å². The number of ether oxygens (including phenoxy) is 2. The standard InChI is InChI=1S/C22H16N4O7/c1-2-31-22(30)25-15-8-13(32-20(28)12-4-3-7-23-10-12)5-6-14(15)17-9-16(27)19-18(33-17)11-24-21(29)26-19/h3-11H,2H2,1H3,(H,25,30)(H,24,26,29). The SMILES string of the molecule is CCOC(=O)Nc1cc(OC(=O)c2cccnc2)ccc1-c1cc(=O)c2[nH]c(=O)ncc2o1. The van der Waals surface area contributed by atoms with Crippen LogP contribution in [0.4, 0.5) is 10.5 Å². The molecule has 0 spiro atoms. The van der Waals surface area contributed by atoms with Crippen molar-refractivity contribution in [3.8, 4) is 17.1 Å². The molecule has 1 amide bonds. The molecule has 0 aliphatic rings. The predicted molar refractivity (Wildman–Crippen MR) is 116 cm³/mol. The predicted octanol–water partition coefficient (Wildman–Crippen LogP) is 2.73. The van der Waals surface area contributed by atoms with E-state index >= 15 is 0 Å². The van der Waals surface area contributed by atoms with E-state index in [0.717, 1.165) is 12.3 Å². The zero-order valence-electron chi connectivity index (χ0n) is 17.2. The number of fused-ring (bicyclic) bond motifs is 1. The van der Waals surface area contributed by atoms with Gasteiger partial charge in [0.15, 0.2) is 5.58 Å². The first-order chi connectivity index (χ1) is 15.9. The van der Waals surface area contributed by atoms with Crippen LogP contribution in [0.15, 0.2) is 69.0 Å². The van der Waals surface area contributed by atoms with Crippen molar-refractivity contribution in [1.29, 1.82) is 0 Å². The number of amides is 1. The number of esters is 1. The van der Waals surface area contributed by atoms with E-state index in [-0.39, 0.29) is 40.5 Å². The molecule has 0 radical (unpaired) electrons. The second-order valence-electron chi connectivity index (χ2n) is 6.59. The van der Waals surface area contributed by atoms with Crippen molar-refractivity contribution in [3.05, 3.63) is 81.3 Å². The lowest BCUT2D eigenvalue weighted by Gasteiger charge is -2.13. The maximum atomic E-state index is 12.5. The molecule has 0 fully saturated rings. The summed E-state index contributed by atoms with van der Waals surface area (Å²) < 4.78 is 16.0. The first-order valence-electron chi connectivity index (χ1n) is 9.68. The third kappa shape index (κ3) is 4.77. The van der Waals surface area contributed by atoms with Crippen LogP contribution in [0.1, 0.15) is 17.3 Å². The Bertz CT molecular complexity index is 1460. The average Bonchev–Trinajstić information content (AvgIpc) is 2.80. The minimum absolute atomic E-state index is 0.0410. The summed E-state index contributed by atoms with van der Waals surface area (Å²) in [6.45, 7) is 1.77. The van der Waals surface area contributed by atoms with E-state index in [2.05, 4.69) is 20.3 Å². The second-order valence-corrected chi connectivity index (χ2v) is 6.59. The van der Waals surface area contributed by atoms with Crippen molar-refractivity contribution in [3.63, 3.8) is 0 Å². The van der Waals surface area contributed by atoms with E-state index in [4.69, 9.17) is 13.9 Å². The van der Waals surface area contributed by atoms with Crippen molar-refractivity contribution in [2.45, 2.75) is 6.92 Å². The number of carbonyl (C=O) groups excluding carboxylic acids is 2. The molecule has 2 N–H and O–H groups in total. The van der Waals surface area contributed by atoms with Crippen LogP contribution in [0.25, 0.3) is 22.4 Å². The van der Waals surface area contributed by atoms with Gasteiger partial charge in [0.05, 0.1) is 24.1 Å². The summed E-state index contributed by atoms with van der Waals surface area (Å²) >= 11 is 0. The fourth-order valence-corrected chi connectivity index (χ4v) is 2.95. The highest BCUT2D eigenvalue weighted by Crippen LogP contribution is 2.32. The zero-order chi connectivity index (χ0) is 23.4. The number of aromatic nitrogens is 3. The molecule has 166 valence electrons. The number of hydrogen-bond donors (Lipinski definition) is 2. The Balaban J connectivity index is 1.75. The molecule has 0 unspecified atom stereocenters. The number of benzene rings is 1. The van der Waals surface area contributed by atoms with Gasteiger partial charge in [0.2, 0.25) is 5.43 Å². The second kappa shape index (κ2) is 9.14. The van der Waals surface area contributed by atoms with Crippen molar-refractivity contribution >= 4 is 28.8 Å². The van der Waals surface area contributed by atoms with Gasteiger partial charge in [-0.1, -0.05) is 0 Å². The molecule has 4 aromatic rings. The minimum atomic E-state index is -0.761. The number of hydrogen-bond acceptors (Lipinski definition) is 9. The number of aromatic amines is 1. The molecular weight excluding hydrogens is 432 g/mol. The van der Waals surface area contributed by atoms with Gasteiger partial charge in [-0.05, 0) is 31.2 Å². The monoisotopic (exact) mass is 448 g/mol. The van der Waals surface area contributed by atoms with Crippen molar-refractivity contribution in [1.82, 2.24) is 15.0 Å². The van der Waals surface area contributed by atoms with Gasteiger partial charge in [-0.2, -0.15) is 4.98 Å². The van der Waals surface area contributed by atoms with Crippen molar-refractivity contribution in [2.24, 2.45) is 0 Å². The Morgan fingerprint density at radius 2 is 2.00 bits per heavy atom. The molecule has 3 heterocycles. The number of nitrogens with one attached hydrogen (secondary N) is 2. The van der Waals surface area contributed by atoms with Gasteiger partial charge in [-0.15, -0.1) is 0 Å². The summed E-state index contributed by atoms with van der Waals surface area (Å²) in [7, 11) is 0. The molecule has 0 saturated carbocycles. The van der Waals surface area contributed by atoms with Crippen LogP contribution in [0, 0.1) is 0 Å². The van der Waals surface area contributed by atoms with Gasteiger partial charge in [-0.3, -0.25) is 20.1 Å². The summed E-state index contributed by atoms with van der Waals surface area (Å²) in [5.74, 6) is -0.447.